The van der Waals surface area contributed by atoms with Crippen LogP contribution in [0.5, 0.6) is 0 Å². The van der Waals surface area contributed by atoms with Crippen molar-refractivity contribution >= 4 is 33.2 Å². The Labute approximate surface area is 190 Å². The van der Waals surface area contributed by atoms with Crippen LogP contribution in [0.4, 0.5) is 5.69 Å². The van der Waals surface area contributed by atoms with Gasteiger partial charge in [0.2, 0.25) is 15.9 Å². The first-order valence-electron chi connectivity index (χ1n) is 10.5. The number of nitrogens with one attached hydrogen (secondary N) is 1. The quantitative estimate of drug-likeness (QED) is 0.671. The Hall–Kier alpha value is -2.09. The van der Waals surface area contributed by atoms with Crippen molar-refractivity contribution < 1.29 is 13.2 Å². The number of anilines is 1. The Morgan fingerprint density at radius 1 is 1.13 bits per heavy atom. The molecule has 1 atom stereocenters. The molecule has 8 heteroatoms. The van der Waals surface area contributed by atoms with Crippen molar-refractivity contribution in [1.29, 1.82) is 0 Å². The van der Waals surface area contributed by atoms with Gasteiger partial charge in [-0.3, -0.25) is 4.79 Å². The summed E-state index contributed by atoms with van der Waals surface area (Å²) < 4.78 is 26.3. The van der Waals surface area contributed by atoms with Crippen molar-refractivity contribution in [1.82, 2.24) is 9.62 Å². The summed E-state index contributed by atoms with van der Waals surface area (Å²) in [4.78, 5) is 15.0. The number of carbonyl (C=O) groups is 1. The summed E-state index contributed by atoms with van der Waals surface area (Å²) in [5.74, 6) is 0.425. The molecule has 0 bridgehead atoms. The average molecular weight is 464 g/mol. The van der Waals surface area contributed by atoms with E-state index in [0.717, 1.165) is 28.9 Å². The van der Waals surface area contributed by atoms with Crippen LogP contribution in [0.3, 0.4) is 0 Å². The molecule has 1 aliphatic heterocycles. The Bertz CT molecular complexity index is 986. The molecule has 2 aromatic rings. The Morgan fingerprint density at radius 3 is 2.29 bits per heavy atom. The van der Waals surface area contributed by atoms with Crippen molar-refractivity contribution in [2.45, 2.75) is 37.6 Å². The lowest BCUT2D eigenvalue weighted by Crippen LogP contribution is -2.39. The molecule has 0 aliphatic carbocycles. The number of rotatable bonds is 7. The number of amides is 1. The third kappa shape index (κ3) is 5.99. The number of piperidine rings is 1. The van der Waals surface area contributed by atoms with Crippen molar-refractivity contribution in [3.8, 4) is 0 Å². The summed E-state index contributed by atoms with van der Waals surface area (Å²) in [6, 6.07) is 13.9. The van der Waals surface area contributed by atoms with Crippen molar-refractivity contribution in [2.24, 2.45) is 5.92 Å². The number of likely N-dealkylation sites (N-methyl/N-ethyl adjacent to an activating group) is 1. The fraction of sp³-hybridized carbons (Fsp3) is 0.435. The van der Waals surface area contributed by atoms with Crippen LogP contribution in [0.25, 0.3) is 0 Å². The summed E-state index contributed by atoms with van der Waals surface area (Å²) in [6.07, 6.45) is 2.42. The normalized spacial score (nSPS) is 16.4. The van der Waals surface area contributed by atoms with Crippen molar-refractivity contribution in [3.63, 3.8) is 0 Å². The molecule has 1 fully saturated rings. The van der Waals surface area contributed by atoms with Gasteiger partial charge < -0.3 is 10.2 Å². The molecule has 1 heterocycles. The lowest BCUT2D eigenvalue weighted by atomic mass is 9.98. The molecule has 1 amide bonds. The number of nitrogens with zero attached hydrogens (tertiary/aromatic N) is 2. The molecule has 3 rings (SSSR count). The lowest BCUT2D eigenvalue weighted by Gasteiger charge is -2.32. The van der Waals surface area contributed by atoms with Gasteiger partial charge in [-0.05, 0) is 67.6 Å². The minimum atomic E-state index is -3.76. The van der Waals surface area contributed by atoms with E-state index in [4.69, 9.17) is 11.6 Å². The molecule has 1 saturated heterocycles. The van der Waals surface area contributed by atoms with Crippen LogP contribution < -0.4 is 10.2 Å². The second-order valence-corrected chi connectivity index (χ2v) is 10.7. The Balaban J connectivity index is 1.56. The maximum Gasteiger partial charge on any atom is 0.243 e. The summed E-state index contributed by atoms with van der Waals surface area (Å²) in [7, 11) is -2.37. The number of hydrogen-bond acceptors (Lipinski definition) is 4. The highest BCUT2D eigenvalue weighted by Crippen LogP contribution is 2.24. The van der Waals surface area contributed by atoms with E-state index in [9.17, 15) is 13.2 Å². The summed E-state index contributed by atoms with van der Waals surface area (Å²) in [5, 5.41) is 3.34. The number of halogens is 1. The number of sulfonamides is 1. The summed E-state index contributed by atoms with van der Waals surface area (Å²) in [6.45, 7) is 6.06. The van der Waals surface area contributed by atoms with Gasteiger partial charge in [0.1, 0.15) is 0 Å². The monoisotopic (exact) mass is 463 g/mol. The summed E-state index contributed by atoms with van der Waals surface area (Å²) >= 11 is 5.83. The molecule has 168 valence electrons. The van der Waals surface area contributed by atoms with E-state index < -0.39 is 10.0 Å². The van der Waals surface area contributed by atoms with Crippen molar-refractivity contribution in [2.75, 3.05) is 31.6 Å². The zero-order valence-corrected chi connectivity index (χ0v) is 19.8. The maximum absolute atomic E-state index is 12.6. The fourth-order valence-electron chi connectivity index (χ4n) is 3.68. The third-order valence-corrected chi connectivity index (χ3v) is 7.88. The van der Waals surface area contributed by atoms with Gasteiger partial charge in [-0.15, -0.1) is 0 Å². The predicted molar refractivity (Wildman–Crippen MR) is 125 cm³/mol. The van der Waals surface area contributed by atoms with Gasteiger partial charge in [-0.2, -0.15) is 4.31 Å². The van der Waals surface area contributed by atoms with E-state index in [1.807, 2.05) is 19.1 Å². The molecule has 31 heavy (non-hydrogen) atoms. The van der Waals surface area contributed by atoms with Crippen LogP contribution in [0, 0.1) is 5.92 Å². The van der Waals surface area contributed by atoms with Crippen LogP contribution in [0.1, 0.15) is 38.3 Å². The first-order valence-corrected chi connectivity index (χ1v) is 12.3. The van der Waals surface area contributed by atoms with Gasteiger partial charge in [-0.1, -0.05) is 30.7 Å². The highest BCUT2D eigenvalue weighted by atomic mass is 35.5. The van der Waals surface area contributed by atoms with E-state index in [2.05, 4.69) is 29.3 Å². The predicted octanol–water partition coefficient (Wildman–Crippen LogP) is 4.07. The Morgan fingerprint density at radius 2 is 1.71 bits per heavy atom. The van der Waals surface area contributed by atoms with Crippen LogP contribution in [-0.4, -0.2) is 45.3 Å². The van der Waals surface area contributed by atoms with Crippen LogP contribution in [-0.2, 0) is 14.8 Å². The minimum Gasteiger partial charge on any atom is -0.372 e. The number of carbonyl (C=O) groups excluding carboxylic acids is 1. The van der Waals surface area contributed by atoms with E-state index in [1.54, 1.807) is 0 Å². The average Bonchev–Trinajstić information content (AvgIpc) is 2.74. The molecular formula is C23H30ClN3O3S. The summed E-state index contributed by atoms with van der Waals surface area (Å²) in [5.41, 5.74) is 2.17. The van der Waals surface area contributed by atoms with E-state index in [0.29, 0.717) is 5.02 Å². The molecule has 0 saturated carbocycles. The Kier molecular flexibility index (Phi) is 7.62. The molecule has 0 spiro atoms. The number of hydrogen-bond donors (Lipinski definition) is 1. The number of benzene rings is 2. The van der Waals surface area contributed by atoms with Crippen LogP contribution in [0.15, 0.2) is 53.4 Å². The first-order chi connectivity index (χ1) is 14.7. The van der Waals surface area contributed by atoms with Gasteiger partial charge in [-0.25, -0.2) is 8.42 Å². The van der Waals surface area contributed by atoms with Crippen LogP contribution >= 0.6 is 11.6 Å². The smallest absolute Gasteiger partial charge is 0.243 e. The molecular weight excluding hydrogens is 434 g/mol. The highest BCUT2D eigenvalue weighted by Gasteiger charge is 2.23. The molecule has 0 aromatic heterocycles. The van der Waals surface area contributed by atoms with E-state index >= 15 is 0 Å². The van der Waals surface area contributed by atoms with Gasteiger partial charge in [0.15, 0.2) is 0 Å². The second kappa shape index (κ2) is 10.0. The van der Waals surface area contributed by atoms with Crippen molar-refractivity contribution in [3.05, 3.63) is 59.1 Å². The van der Waals surface area contributed by atoms with E-state index in [-0.39, 0.29) is 23.4 Å². The van der Waals surface area contributed by atoms with Gasteiger partial charge >= 0.3 is 0 Å². The molecule has 0 radical (unpaired) electrons. The zero-order chi connectivity index (χ0) is 22.6. The SMILES string of the molecule is CC1CCN(c2ccc([C@@H](C)NC(=O)CN(C)S(=O)(=O)c3ccc(Cl)cc3)cc2)CC1. The van der Waals surface area contributed by atoms with Gasteiger partial charge in [0, 0.05) is 30.8 Å². The van der Waals surface area contributed by atoms with Gasteiger partial charge in [0.25, 0.3) is 0 Å². The molecule has 1 N–H and O–H groups in total. The molecule has 2 aromatic carbocycles. The maximum atomic E-state index is 12.6. The lowest BCUT2D eigenvalue weighted by molar-refractivity contribution is -0.121. The van der Waals surface area contributed by atoms with Crippen LogP contribution in [0.2, 0.25) is 5.02 Å². The molecule has 0 unspecified atom stereocenters. The topological polar surface area (TPSA) is 69.7 Å². The zero-order valence-electron chi connectivity index (χ0n) is 18.2. The third-order valence-electron chi connectivity index (χ3n) is 5.81. The standard InChI is InChI=1S/C23H30ClN3O3S/c1-17-12-14-27(15-13-17)21-8-4-19(5-9-21)18(2)25-23(28)16-26(3)31(29,30)22-10-6-20(24)7-11-22/h4-11,17-18H,12-16H2,1-3H3,(H,25,28)/t18-/m1/s1. The van der Waals surface area contributed by atoms with Gasteiger partial charge in [0.05, 0.1) is 17.5 Å². The molecule has 6 nitrogen and oxygen atoms in total. The minimum absolute atomic E-state index is 0.0999. The molecule has 1 aliphatic rings. The fourth-order valence-corrected chi connectivity index (χ4v) is 4.94. The second-order valence-electron chi connectivity index (χ2n) is 8.27. The van der Waals surface area contributed by atoms with E-state index in [1.165, 1.54) is 49.8 Å². The largest absolute Gasteiger partial charge is 0.372 e. The highest BCUT2D eigenvalue weighted by molar-refractivity contribution is 7.89. The first kappa shape index (κ1) is 23.6.